The minimum absolute atomic E-state index is 0.0530. The first-order valence-corrected chi connectivity index (χ1v) is 10.2. The average Bonchev–Trinajstić information content (AvgIpc) is 3.13. The molecule has 2 heterocycles. The molecule has 0 bridgehead atoms. The van der Waals surface area contributed by atoms with Crippen molar-refractivity contribution in [2.24, 2.45) is 0 Å². The van der Waals surface area contributed by atoms with Crippen molar-refractivity contribution in [3.63, 3.8) is 0 Å². The standard InChI is InChI=1S/C23H23N5O5/c1-31-18(29)13-15-6-5-7-16(12-15)14-28-21-19(25-23(28)30)20(24)26-22(27-21)33-11-10-32-17-8-3-2-4-9-17/h2-9,12H,10-11,13-14H2,1H3,(H,25,30)(H2,24,26,27). The zero-order chi connectivity index (χ0) is 23.2. The highest BCUT2D eigenvalue weighted by Crippen LogP contribution is 2.26. The molecule has 0 fully saturated rings. The zero-order valence-corrected chi connectivity index (χ0v) is 18.0. The number of rotatable bonds is 9. The Balaban J connectivity index is 1.50. The van der Waals surface area contributed by atoms with Gasteiger partial charge in [-0.25, -0.2) is 0 Å². The van der Waals surface area contributed by atoms with Crippen LogP contribution in [0.4, 0.5) is 5.82 Å². The van der Waals surface area contributed by atoms with E-state index in [0.29, 0.717) is 12.3 Å². The number of aromatic hydroxyl groups is 1. The van der Waals surface area contributed by atoms with Crippen LogP contribution in [0.15, 0.2) is 54.6 Å². The quantitative estimate of drug-likeness (QED) is 0.291. The molecule has 4 rings (SSSR count). The second-order valence-corrected chi connectivity index (χ2v) is 7.14. The highest BCUT2D eigenvalue weighted by Gasteiger charge is 2.17. The van der Waals surface area contributed by atoms with Crippen molar-refractivity contribution in [3.8, 4) is 17.8 Å². The van der Waals surface area contributed by atoms with E-state index in [4.69, 9.17) is 19.9 Å². The fraction of sp³-hybridized carbons (Fsp3) is 0.217. The lowest BCUT2D eigenvalue weighted by molar-refractivity contribution is -0.139. The molecule has 0 aliphatic carbocycles. The maximum absolute atomic E-state index is 11.6. The molecule has 2 aromatic carbocycles. The maximum Gasteiger partial charge on any atom is 0.320 e. The van der Waals surface area contributed by atoms with Crippen LogP contribution in [0.25, 0.3) is 11.2 Å². The molecule has 0 aliphatic rings. The van der Waals surface area contributed by atoms with Gasteiger partial charge in [-0.3, -0.25) is 9.36 Å². The van der Waals surface area contributed by atoms with Crippen LogP contribution in [-0.4, -0.2) is 50.9 Å². The maximum atomic E-state index is 11.6. The number of nitrogens with zero attached hydrogens (tertiary/aromatic N) is 4. The van der Waals surface area contributed by atoms with Crippen molar-refractivity contribution >= 4 is 23.0 Å². The molecule has 3 N–H and O–H groups in total. The fourth-order valence-corrected chi connectivity index (χ4v) is 3.27. The number of methoxy groups -OCH3 is 1. The Morgan fingerprint density at radius 2 is 1.76 bits per heavy atom. The van der Waals surface area contributed by atoms with E-state index in [0.717, 1.165) is 16.9 Å². The molecular formula is C23H23N5O5. The molecule has 0 atom stereocenters. The average molecular weight is 449 g/mol. The van der Waals surface area contributed by atoms with Gasteiger partial charge in [-0.15, -0.1) is 0 Å². The normalized spacial score (nSPS) is 10.8. The van der Waals surface area contributed by atoms with Crippen LogP contribution in [0, 0.1) is 0 Å². The molecule has 0 saturated heterocycles. The summed E-state index contributed by atoms with van der Waals surface area (Å²) < 4.78 is 17.4. The molecule has 4 aromatic rings. The van der Waals surface area contributed by atoms with Gasteiger partial charge in [-0.05, 0) is 23.3 Å². The van der Waals surface area contributed by atoms with Crippen molar-refractivity contribution < 1.29 is 24.1 Å². The predicted molar refractivity (Wildman–Crippen MR) is 120 cm³/mol. The second kappa shape index (κ2) is 9.86. The van der Waals surface area contributed by atoms with Gasteiger partial charge in [0, 0.05) is 0 Å². The number of para-hydroxylation sites is 1. The highest BCUT2D eigenvalue weighted by atomic mass is 16.5. The van der Waals surface area contributed by atoms with Crippen molar-refractivity contribution in [3.05, 3.63) is 65.7 Å². The van der Waals surface area contributed by atoms with Gasteiger partial charge in [0.1, 0.15) is 19.0 Å². The van der Waals surface area contributed by atoms with E-state index in [-0.39, 0.29) is 48.9 Å². The van der Waals surface area contributed by atoms with E-state index < -0.39 is 0 Å². The molecule has 170 valence electrons. The minimum Gasteiger partial charge on any atom is -0.490 e. The summed E-state index contributed by atoms with van der Waals surface area (Å²) in [6.07, 6.45) is 0.152. The molecule has 0 aliphatic heterocycles. The van der Waals surface area contributed by atoms with Crippen LogP contribution in [0.2, 0.25) is 0 Å². The van der Waals surface area contributed by atoms with E-state index in [1.165, 1.54) is 11.7 Å². The summed E-state index contributed by atoms with van der Waals surface area (Å²) in [5.41, 5.74) is 8.25. The summed E-state index contributed by atoms with van der Waals surface area (Å²) in [6.45, 7) is 0.753. The van der Waals surface area contributed by atoms with Crippen molar-refractivity contribution in [2.75, 3.05) is 26.1 Å². The van der Waals surface area contributed by atoms with Gasteiger partial charge in [0.25, 0.3) is 6.01 Å². The number of nitrogens with two attached hydrogens (primary N) is 1. The van der Waals surface area contributed by atoms with Gasteiger partial charge in [0.2, 0.25) is 0 Å². The van der Waals surface area contributed by atoms with Gasteiger partial charge in [-0.2, -0.15) is 15.0 Å². The molecule has 10 heteroatoms. The summed E-state index contributed by atoms with van der Waals surface area (Å²) in [6, 6.07) is 16.5. The monoisotopic (exact) mass is 449 g/mol. The molecule has 0 amide bonds. The summed E-state index contributed by atoms with van der Waals surface area (Å²) >= 11 is 0. The minimum atomic E-state index is -0.332. The van der Waals surface area contributed by atoms with Crippen molar-refractivity contribution in [1.82, 2.24) is 19.5 Å². The summed E-state index contributed by atoms with van der Waals surface area (Å²) in [5.74, 6) is 0.489. The van der Waals surface area contributed by atoms with Crippen LogP contribution >= 0.6 is 0 Å². The number of hydrogen-bond donors (Lipinski definition) is 2. The van der Waals surface area contributed by atoms with E-state index in [1.807, 2.05) is 54.6 Å². The van der Waals surface area contributed by atoms with Gasteiger partial charge < -0.3 is 25.1 Å². The van der Waals surface area contributed by atoms with E-state index in [1.54, 1.807) is 0 Å². The van der Waals surface area contributed by atoms with Crippen LogP contribution < -0.4 is 15.2 Å². The van der Waals surface area contributed by atoms with E-state index in [9.17, 15) is 9.90 Å². The van der Waals surface area contributed by atoms with Gasteiger partial charge in [-0.1, -0.05) is 42.5 Å². The summed E-state index contributed by atoms with van der Waals surface area (Å²) in [5, 5.41) is 10.4. The molecule has 10 nitrogen and oxygen atoms in total. The van der Waals surface area contributed by atoms with Gasteiger partial charge in [0.05, 0.1) is 20.1 Å². The number of hydrogen-bond acceptors (Lipinski definition) is 9. The number of imidazole rings is 1. The lowest BCUT2D eigenvalue weighted by Gasteiger charge is -2.09. The van der Waals surface area contributed by atoms with Crippen LogP contribution in [0.5, 0.6) is 17.8 Å². The molecular weight excluding hydrogens is 426 g/mol. The number of fused-ring (bicyclic) bond motifs is 1. The third-order valence-electron chi connectivity index (χ3n) is 4.82. The van der Waals surface area contributed by atoms with Crippen LogP contribution in [-0.2, 0) is 22.5 Å². The summed E-state index contributed by atoms with van der Waals surface area (Å²) in [4.78, 5) is 24.1. The van der Waals surface area contributed by atoms with Gasteiger partial charge in [0.15, 0.2) is 17.0 Å². The molecule has 0 spiro atoms. The first-order chi connectivity index (χ1) is 16.0. The van der Waals surface area contributed by atoms with Crippen molar-refractivity contribution in [1.29, 1.82) is 0 Å². The lowest BCUT2D eigenvalue weighted by atomic mass is 10.1. The number of anilines is 1. The smallest absolute Gasteiger partial charge is 0.320 e. The van der Waals surface area contributed by atoms with Crippen LogP contribution in [0.1, 0.15) is 11.1 Å². The number of benzene rings is 2. The molecule has 0 radical (unpaired) electrons. The second-order valence-electron chi connectivity index (χ2n) is 7.14. The Labute approximate surface area is 189 Å². The Bertz CT molecular complexity index is 1260. The SMILES string of the molecule is COC(=O)Cc1cccc(Cn2c(O)nc3c(N)nc(OCCOc4ccccc4)nc32)c1. The first-order valence-electron chi connectivity index (χ1n) is 10.2. The third kappa shape index (κ3) is 5.29. The number of esters is 1. The van der Waals surface area contributed by atoms with E-state index in [2.05, 4.69) is 15.0 Å². The molecule has 0 saturated carbocycles. The Kier molecular flexibility index (Phi) is 6.53. The van der Waals surface area contributed by atoms with E-state index >= 15 is 0 Å². The molecule has 0 unspecified atom stereocenters. The van der Waals surface area contributed by atoms with Crippen molar-refractivity contribution in [2.45, 2.75) is 13.0 Å². The number of carbonyl (C=O) groups excluding carboxylic acids is 1. The lowest BCUT2D eigenvalue weighted by Crippen LogP contribution is -2.12. The number of ether oxygens (including phenoxy) is 3. The first kappa shape index (κ1) is 21.9. The zero-order valence-electron chi connectivity index (χ0n) is 18.0. The highest BCUT2D eigenvalue weighted by molar-refractivity contribution is 5.83. The predicted octanol–water partition coefficient (Wildman–Crippen LogP) is 2.34. The number of carbonyl (C=O) groups is 1. The molecule has 33 heavy (non-hydrogen) atoms. The largest absolute Gasteiger partial charge is 0.490 e. The Hall–Kier alpha value is -4.34. The number of aromatic nitrogens is 4. The molecule has 2 aromatic heterocycles. The fourth-order valence-electron chi connectivity index (χ4n) is 3.27. The van der Waals surface area contributed by atoms with Crippen LogP contribution in [0.3, 0.4) is 0 Å². The van der Waals surface area contributed by atoms with Gasteiger partial charge >= 0.3 is 12.0 Å². The topological polar surface area (TPSA) is 135 Å². The summed E-state index contributed by atoms with van der Waals surface area (Å²) in [7, 11) is 1.35. The Morgan fingerprint density at radius 3 is 2.55 bits per heavy atom. The third-order valence-corrected chi connectivity index (χ3v) is 4.82. The number of nitrogen functional groups attached to an aromatic ring is 1. The Morgan fingerprint density at radius 1 is 1.00 bits per heavy atom.